The fourth-order valence-corrected chi connectivity index (χ4v) is 2.04. The van der Waals surface area contributed by atoms with Crippen LogP contribution in [-0.4, -0.2) is 35.6 Å². The van der Waals surface area contributed by atoms with E-state index in [2.05, 4.69) is 23.9 Å². The second kappa shape index (κ2) is 5.20. The van der Waals surface area contributed by atoms with E-state index < -0.39 is 0 Å². The highest BCUT2D eigenvalue weighted by atomic mass is 16.4. The molecule has 1 heterocycles. The second-order valence-corrected chi connectivity index (χ2v) is 4.45. The van der Waals surface area contributed by atoms with Gasteiger partial charge >= 0.3 is 0 Å². The number of amidine groups is 1. The summed E-state index contributed by atoms with van der Waals surface area (Å²) in [7, 11) is 0. The van der Waals surface area contributed by atoms with Gasteiger partial charge in [0.15, 0.2) is 5.84 Å². The van der Waals surface area contributed by atoms with Crippen molar-refractivity contribution in [3.05, 3.63) is 0 Å². The van der Waals surface area contributed by atoms with Crippen molar-refractivity contribution in [3.8, 4) is 0 Å². The summed E-state index contributed by atoms with van der Waals surface area (Å²) in [4.78, 5) is 2.24. The minimum atomic E-state index is 0.313. The van der Waals surface area contributed by atoms with Crippen LogP contribution < -0.4 is 5.73 Å². The first-order valence-electron chi connectivity index (χ1n) is 5.32. The lowest BCUT2D eigenvalue weighted by Crippen LogP contribution is -2.40. The number of likely N-dealkylation sites (tertiary alicyclic amines) is 1. The molecular weight excluding hydrogens is 178 g/mol. The van der Waals surface area contributed by atoms with Crippen LogP contribution in [0.25, 0.3) is 0 Å². The zero-order valence-electron chi connectivity index (χ0n) is 9.11. The van der Waals surface area contributed by atoms with Crippen molar-refractivity contribution in [1.82, 2.24) is 4.90 Å². The smallest absolute Gasteiger partial charge is 0.153 e. The zero-order valence-corrected chi connectivity index (χ0v) is 9.11. The molecule has 3 N–H and O–H groups in total. The van der Waals surface area contributed by atoms with Gasteiger partial charge in [-0.3, -0.25) is 4.90 Å². The lowest BCUT2D eigenvalue weighted by atomic mass is 9.87. The molecule has 0 aromatic rings. The lowest BCUT2D eigenvalue weighted by Gasteiger charge is -2.33. The van der Waals surface area contributed by atoms with Crippen molar-refractivity contribution < 1.29 is 5.21 Å². The molecule has 82 valence electrons. The third kappa shape index (κ3) is 3.18. The monoisotopic (exact) mass is 199 g/mol. The summed E-state index contributed by atoms with van der Waals surface area (Å²) < 4.78 is 0. The number of oxime groups is 1. The van der Waals surface area contributed by atoms with Crippen LogP contribution in [0.1, 0.15) is 26.7 Å². The molecule has 0 aromatic heterocycles. The number of piperidine rings is 1. The van der Waals surface area contributed by atoms with Gasteiger partial charge in [-0.2, -0.15) is 0 Å². The molecule has 1 rings (SSSR count). The van der Waals surface area contributed by atoms with E-state index >= 15 is 0 Å². The summed E-state index contributed by atoms with van der Waals surface area (Å²) in [6.07, 6.45) is 2.47. The lowest BCUT2D eigenvalue weighted by molar-refractivity contribution is 0.173. The van der Waals surface area contributed by atoms with Gasteiger partial charge in [0.2, 0.25) is 0 Å². The van der Waals surface area contributed by atoms with Gasteiger partial charge in [-0.15, -0.1) is 0 Å². The van der Waals surface area contributed by atoms with Gasteiger partial charge in [-0.25, -0.2) is 0 Å². The molecule has 0 spiro atoms. The van der Waals surface area contributed by atoms with E-state index in [4.69, 9.17) is 10.9 Å². The maximum absolute atomic E-state index is 8.44. The van der Waals surface area contributed by atoms with Gasteiger partial charge in [-0.1, -0.05) is 19.0 Å². The van der Waals surface area contributed by atoms with E-state index in [1.165, 1.54) is 12.8 Å². The molecule has 1 fully saturated rings. The van der Waals surface area contributed by atoms with E-state index in [9.17, 15) is 0 Å². The molecule has 0 amide bonds. The highest BCUT2D eigenvalue weighted by Gasteiger charge is 2.21. The van der Waals surface area contributed by atoms with Crippen LogP contribution in [-0.2, 0) is 0 Å². The van der Waals surface area contributed by atoms with Crippen molar-refractivity contribution in [2.45, 2.75) is 26.7 Å². The van der Waals surface area contributed by atoms with Gasteiger partial charge in [0, 0.05) is 0 Å². The molecule has 1 saturated heterocycles. The molecule has 1 aliphatic rings. The van der Waals surface area contributed by atoms with Gasteiger partial charge in [0.1, 0.15) is 0 Å². The third-order valence-electron chi connectivity index (χ3n) is 3.09. The number of rotatable bonds is 3. The maximum Gasteiger partial charge on any atom is 0.153 e. The average Bonchev–Trinajstić information content (AvgIpc) is 2.18. The highest BCUT2D eigenvalue weighted by molar-refractivity contribution is 5.81. The Bertz CT molecular complexity index is 196. The molecule has 0 atom stereocenters. The molecule has 1 aliphatic heterocycles. The molecule has 14 heavy (non-hydrogen) atoms. The third-order valence-corrected chi connectivity index (χ3v) is 3.09. The Kier molecular flexibility index (Phi) is 4.20. The van der Waals surface area contributed by atoms with Crippen molar-refractivity contribution in [2.75, 3.05) is 19.6 Å². The van der Waals surface area contributed by atoms with Crippen molar-refractivity contribution in [2.24, 2.45) is 22.7 Å². The largest absolute Gasteiger partial charge is 0.409 e. The van der Waals surface area contributed by atoms with Crippen LogP contribution in [0.15, 0.2) is 5.16 Å². The van der Waals surface area contributed by atoms with Gasteiger partial charge in [-0.05, 0) is 37.8 Å². The Morgan fingerprint density at radius 3 is 2.50 bits per heavy atom. The SMILES string of the molecule is CC(C)C1CCN(CC(N)=NO)CC1. The fraction of sp³-hybridized carbons (Fsp3) is 0.900. The minimum absolute atomic E-state index is 0.313. The summed E-state index contributed by atoms with van der Waals surface area (Å²) in [6, 6.07) is 0. The molecule has 4 heteroatoms. The molecular formula is C10H21N3O. The van der Waals surface area contributed by atoms with Crippen LogP contribution in [0.3, 0.4) is 0 Å². The normalized spacial score (nSPS) is 21.8. The Balaban J connectivity index is 2.29. The van der Waals surface area contributed by atoms with Crippen LogP contribution >= 0.6 is 0 Å². The molecule has 0 saturated carbocycles. The molecule has 0 unspecified atom stereocenters. The highest BCUT2D eigenvalue weighted by Crippen LogP contribution is 2.23. The second-order valence-electron chi connectivity index (χ2n) is 4.45. The quantitative estimate of drug-likeness (QED) is 0.310. The average molecular weight is 199 g/mol. The number of nitrogens with zero attached hydrogens (tertiary/aromatic N) is 2. The van der Waals surface area contributed by atoms with Gasteiger partial charge < -0.3 is 10.9 Å². The van der Waals surface area contributed by atoms with Crippen LogP contribution in [0.4, 0.5) is 0 Å². The molecule has 4 nitrogen and oxygen atoms in total. The van der Waals surface area contributed by atoms with Gasteiger partial charge in [0.05, 0.1) is 6.54 Å². The number of nitrogens with two attached hydrogens (primary N) is 1. The first kappa shape index (κ1) is 11.3. The molecule has 0 radical (unpaired) electrons. The summed E-state index contributed by atoms with van der Waals surface area (Å²) >= 11 is 0. The van der Waals surface area contributed by atoms with Crippen LogP contribution in [0.2, 0.25) is 0 Å². The summed E-state index contributed by atoms with van der Waals surface area (Å²) in [5.41, 5.74) is 5.46. The van der Waals surface area contributed by atoms with Crippen molar-refractivity contribution in [1.29, 1.82) is 0 Å². The molecule has 0 bridgehead atoms. The summed E-state index contributed by atoms with van der Waals surface area (Å²) in [6.45, 7) is 7.30. The summed E-state index contributed by atoms with van der Waals surface area (Å²) in [5.74, 6) is 1.94. The molecule has 0 aromatic carbocycles. The minimum Gasteiger partial charge on any atom is -0.409 e. The van der Waals surface area contributed by atoms with Crippen LogP contribution in [0, 0.1) is 11.8 Å². The van der Waals surface area contributed by atoms with E-state index in [0.29, 0.717) is 12.4 Å². The van der Waals surface area contributed by atoms with E-state index in [-0.39, 0.29) is 0 Å². The standard InChI is InChI=1S/C10H21N3O/c1-8(2)9-3-5-13(6-4-9)7-10(11)12-14/h8-9,14H,3-7H2,1-2H3,(H2,11,12). The predicted molar refractivity (Wildman–Crippen MR) is 57.4 cm³/mol. The Labute approximate surface area is 85.8 Å². The topological polar surface area (TPSA) is 61.8 Å². The van der Waals surface area contributed by atoms with E-state index in [1.54, 1.807) is 0 Å². The zero-order chi connectivity index (χ0) is 10.6. The number of hydrogen-bond acceptors (Lipinski definition) is 3. The van der Waals surface area contributed by atoms with Gasteiger partial charge in [0.25, 0.3) is 0 Å². The molecule has 0 aliphatic carbocycles. The van der Waals surface area contributed by atoms with Crippen molar-refractivity contribution in [3.63, 3.8) is 0 Å². The maximum atomic E-state index is 8.44. The van der Waals surface area contributed by atoms with Crippen molar-refractivity contribution >= 4 is 5.84 Å². The Morgan fingerprint density at radius 1 is 1.50 bits per heavy atom. The van der Waals surface area contributed by atoms with Crippen LogP contribution in [0.5, 0.6) is 0 Å². The van der Waals surface area contributed by atoms with E-state index in [0.717, 1.165) is 24.9 Å². The Hall–Kier alpha value is -0.770. The fourth-order valence-electron chi connectivity index (χ4n) is 2.04. The van der Waals surface area contributed by atoms with E-state index in [1.807, 2.05) is 0 Å². The summed E-state index contributed by atoms with van der Waals surface area (Å²) in [5, 5.41) is 11.4. The Morgan fingerprint density at radius 2 is 2.07 bits per heavy atom. The first-order valence-corrected chi connectivity index (χ1v) is 5.32. The first-order chi connectivity index (χ1) is 6.63. The predicted octanol–water partition coefficient (Wildman–Crippen LogP) is 1.10. The number of hydrogen-bond donors (Lipinski definition) is 2.